The van der Waals surface area contributed by atoms with E-state index in [0.717, 1.165) is 19.5 Å². The van der Waals surface area contributed by atoms with Crippen LogP contribution in [0.5, 0.6) is 0 Å². The molecule has 0 aromatic heterocycles. The van der Waals surface area contributed by atoms with E-state index >= 15 is 0 Å². The second-order valence-corrected chi connectivity index (χ2v) is 6.85. The van der Waals surface area contributed by atoms with Crippen molar-refractivity contribution in [2.24, 2.45) is 5.92 Å². The maximum atomic E-state index is 11.6. The van der Waals surface area contributed by atoms with Gasteiger partial charge in [0.25, 0.3) is 0 Å². The van der Waals surface area contributed by atoms with Crippen molar-refractivity contribution in [1.29, 1.82) is 0 Å². The van der Waals surface area contributed by atoms with Gasteiger partial charge < -0.3 is 10.4 Å². The van der Waals surface area contributed by atoms with Crippen LogP contribution in [-0.2, 0) is 4.79 Å². The first-order valence-corrected chi connectivity index (χ1v) is 8.04. The highest BCUT2D eigenvalue weighted by Crippen LogP contribution is 2.27. The highest BCUT2D eigenvalue weighted by molar-refractivity contribution is 5.78. The maximum absolute atomic E-state index is 11.6. The van der Waals surface area contributed by atoms with Gasteiger partial charge in [0.15, 0.2) is 0 Å². The molecule has 4 heteroatoms. The van der Waals surface area contributed by atoms with Crippen LogP contribution >= 0.6 is 0 Å². The fourth-order valence-corrected chi connectivity index (χ4v) is 3.28. The van der Waals surface area contributed by atoms with Crippen molar-refractivity contribution in [1.82, 2.24) is 10.2 Å². The van der Waals surface area contributed by atoms with Crippen molar-refractivity contribution in [2.75, 3.05) is 13.1 Å². The topological polar surface area (TPSA) is 52.6 Å². The highest BCUT2D eigenvalue weighted by Gasteiger charge is 2.37. The Labute approximate surface area is 123 Å². The summed E-state index contributed by atoms with van der Waals surface area (Å²) in [5.41, 5.74) is -0.824. The van der Waals surface area contributed by atoms with Gasteiger partial charge in [-0.2, -0.15) is 0 Å². The molecule has 1 aliphatic rings. The van der Waals surface area contributed by atoms with Crippen LogP contribution in [0.15, 0.2) is 0 Å². The lowest BCUT2D eigenvalue weighted by Gasteiger charge is -2.43. The van der Waals surface area contributed by atoms with Crippen LogP contribution in [0, 0.1) is 5.92 Å². The van der Waals surface area contributed by atoms with Gasteiger partial charge in [0, 0.05) is 18.6 Å². The minimum atomic E-state index is -0.824. The van der Waals surface area contributed by atoms with Crippen LogP contribution in [0.4, 0.5) is 0 Å². The molecule has 0 aromatic rings. The summed E-state index contributed by atoms with van der Waals surface area (Å²) in [4.78, 5) is 14.1. The van der Waals surface area contributed by atoms with Crippen molar-refractivity contribution in [2.45, 2.75) is 77.9 Å². The Hall–Kier alpha value is -0.610. The van der Waals surface area contributed by atoms with Gasteiger partial charge in [-0.05, 0) is 58.9 Å². The molecule has 1 fully saturated rings. The quantitative estimate of drug-likeness (QED) is 0.755. The van der Waals surface area contributed by atoms with Crippen LogP contribution in [0.2, 0.25) is 0 Å². The Morgan fingerprint density at radius 3 is 2.65 bits per heavy atom. The van der Waals surface area contributed by atoms with Gasteiger partial charge in [0.05, 0.1) is 0 Å². The molecule has 0 spiro atoms. The SMILES string of the molecule is CCCNC(C)(CC(C)N1CC(C)CCC1C)C(=O)O. The summed E-state index contributed by atoms with van der Waals surface area (Å²) in [6.07, 6.45) is 4.11. The largest absolute Gasteiger partial charge is 0.480 e. The minimum absolute atomic E-state index is 0.290. The molecule has 0 radical (unpaired) electrons. The lowest BCUT2D eigenvalue weighted by molar-refractivity contribution is -0.145. The van der Waals surface area contributed by atoms with E-state index in [1.54, 1.807) is 0 Å². The molecule has 0 aromatic carbocycles. The van der Waals surface area contributed by atoms with Gasteiger partial charge in [-0.25, -0.2) is 0 Å². The average Bonchev–Trinajstić information content (AvgIpc) is 2.38. The van der Waals surface area contributed by atoms with Gasteiger partial charge in [-0.3, -0.25) is 9.69 Å². The lowest BCUT2D eigenvalue weighted by atomic mass is 9.88. The molecule has 4 nitrogen and oxygen atoms in total. The molecule has 0 bridgehead atoms. The predicted octanol–water partition coefficient (Wildman–Crippen LogP) is 2.73. The zero-order valence-electron chi connectivity index (χ0n) is 13.8. The first kappa shape index (κ1) is 17.4. The van der Waals surface area contributed by atoms with E-state index in [9.17, 15) is 9.90 Å². The van der Waals surface area contributed by atoms with E-state index in [1.165, 1.54) is 12.8 Å². The normalized spacial score (nSPS) is 28.9. The van der Waals surface area contributed by atoms with Crippen LogP contribution in [0.3, 0.4) is 0 Å². The summed E-state index contributed by atoms with van der Waals surface area (Å²) in [6, 6.07) is 0.851. The van der Waals surface area contributed by atoms with Gasteiger partial charge >= 0.3 is 5.97 Å². The van der Waals surface area contributed by atoms with E-state index in [4.69, 9.17) is 0 Å². The Bertz CT molecular complexity index is 322. The van der Waals surface area contributed by atoms with Crippen LogP contribution < -0.4 is 5.32 Å². The number of carboxylic acids is 1. The minimum Gasteiger partial charge on any atom is -0.480 e. The van der Waals surface area contributed by atoms with E-state index in [2.05, 4.69) is 37.9 Å². The molecule has 0 saturated carbocycles. The average molecular weight is 284 g/mol. The number of hydrogen-bond donors (Lipinski definition) is 2. The Morgan fingerprint density at radius 2 is 2.10 bits per heavy atom. The highest BCUT2D eigenvalue weighted by atomic mass is 16.4. The first-order chi connectivity index (χ1) is 9.30. The number of carboxylic acid groups (broad SMARTS) is 1. The van der Waals surface area contributed by atoms with E-state index in [0.29, 0.717) is 24.4 Å². The number of hydrogen-bond acceptors (Lipinski definition) is 3. The third-order valence-electron chi connectivity index (χ3n) is 4.67. The number of piperidine rings is 1. The van der Waals surface area contributed by atoms with Crippen LogP contribution in [0.1, 0.15) is 60.3 Å². The molecule has 0 aliphatic carbocycles. The summed E-state index contributed by atoms with van der Waals surface area (Å²) < 4.78 is 0. The van der Waals surface area contributed by atoms with E-state index in [-0.39, 0.29) is 0 Å². The van der Waals surface area contributed by atoms with Crippen molar-refractivity contribution < 1.29 is 9.90 Å². The third-order valence-corrected chi connectivity index (χ3v) is 4.67. The fraction of sp³-hybridized carbons (Fsp3) is 0.938. The molecule has 20 heavy (non-hydrogen) atoms. The molecule has 4 unspecified atom stereocenters. The molecule has 1 saturated heterocycles. The lowest BCUT2D eigenvalue weighted by Crippen LogP contribution is -2.55. The maximum Gasteiger partial charge on any atom is 0.323 e. The van der Waals surface area contributed by atoms with E-state index < -0.39 is 11.5 Å². The molecule has 2 N–H and O–H groups in total. The fourth-order valence-electron chi connectivity index (χ4n) is 3.28. The summed E-state index contributed by atoms with van der Waals surface area (Å²) in [7, 11) is 0. The standard InChI is InChI=1S/C16H32N2O2/c1-6-9-17-16(5,15(19)20)10-14(4)18-11-12(2)7-8-13(18)3/h12-14,17H,6-11H2,1-5H3,(H,19,20). The molecule has 1 rings (SSSR count). The number of nitrogens with one attached hydrogen (secondary N) is 1. The van der Waals surface area contributed by atoms with Crippen molar-refractivity contribution in [3.8, 4) is 0 Å². The smallest absolute Gasteiger partial charge is 0.323 e. The van der Waals surface area contributed by atoms with Crippen LogP contribution in [0.25, 0.3) is 0 Å². The number of aliphatic carboxylic acids is 1. The molecule has 0 amide bonds. The molecule has 118 valence electrons. The summed E-state index contributed by atoms with van der Waals surface area (Å²) in [6.45, 7) is 12.4. The van der Waals surface area contributed by atoms with E-state index in [1.807, 2.05) is 6.92 Å². The molecule has 4 atom stereocenters. The van der Waals surface area contributed by atoms with Gasteiger partial charge in [-0.15, -0.1) is 0 Å². The second-order valence-electron chi connectivity index (χ2n) is 6.85. The Kier molecular flexibility index (Phi) is 6.46. The van der Waals surface area contributed by atoms with Gasteiger partial charge in [0.2, 0.25) is 0 Å². The first-order valence-electron chi connectivity index (χ1n) is 8.04. The number of rotatable bonds is 7. The van der Waals surface area contributed by atoms with Crippen molar-refractivity contribution in [3.63, 3.8) is 0 Å². The molecular weight excluding hydrogens is 252 g/mol. The molecular formula is C16H32N2O2. The van der Waals surface area contributed by atoms with Gasteiger partial charge in [-0.1, -0.05) is 13.8 Å². The zero-order valence-corrected chi connectivity index (χ0v) is 13.8. The Balaban J connectivity index is 2.69. The predicted molar refractivity (Wildman–Crippen MR) is 83.0 cm³/mol. The summed E-state index contributed by atoms with van der Waals surface area (Å²) >= 11 is 0. The molecule has 1 aliphatic heterocycles. The Morgan fingerprint density at radius 1 is 1.45 bits per heavy atom. The van der Waals surface area contributed by atoms with Crippen molar-refractivity contribution >= 4 is 5.97 Å². The van der Waals surface area contributed by atoms with Crippen molar-refractivity contribution in [3.05, 3.63) is 0 Å². The second kappa shape index (κ2) is 7.41. The summed E-state index contributed by atoms with van der Waals surface area (Å²) in [5, 5.41) is 12.8. The number of likely N-dealkylation sites (tertiary alicyclic amines) is 1. The van der Waals surface area contributed by atoms with Crippen LogP contribution in [-0.4, -0.2) is 46.7 Å². The summed E-state index contributed by atoms with van der Waals surface area (Å²) in [5.74, 6) is -0.0242. The monoisotopic (exact) mass is 284 g/mol. The molecule has 1 heterocycles. The van der Waals surface area contributed by atoms with Gasteiger partial charge in [0.1, 0.15) is 5.54 Å². The zero-order chi connectivity index (χ0) is 15.3. The number of nitrogens with zero attached hydrogens (tertiary/aromatic N) is 1. The number of carbonyl (C=O) groups is 1. The third kappa shape index (κ3) is 4.45.